The van der Waals surface area contributed by atoms with E-state index in [-0.39, 0.29) is 0 Å². The Morgan fingerprint density at radius 2 is 1.89 bits per heavy atom. The topological polar surface area (TPSA) is 47.7 Å². The Morgan fingerprint density at radius 3 is 2.53 bits per heavy atom. The summed E-state index contributed by atoms with van der Waals surface area (Å²) in [5.41, 5.74) is 2.44. The van der Waals surface area contributed by atoms with Gasteiger partial charge in [0.15, 0.2) is 0 Å². The second-order valence-electron chi connectivity index (χ2n) is 4.69. The molecule has 0 saturated carbocycles. The molecular formula is C14H23N5. The van der Waals surface area contributed by atoms with Crippen molar-refractivity contribution in [1.82, 2.24) is 24.9 Å². The number of rotatable bonds is 7. The molecule has 0 aliphatic carbocycles. The van der Waals surface area contributed by atoms with E-state index in [0.29, 0.717) is 6.04 Å². The zero-order chi connectivity index (χ0) is 13.7. The summed E-state index contributed by atoms with van der Waals surface area (Å²) in [4.78, 5) is 0. The van der Waals surface area contributed by atoms with Gasteiger partial charge in [0, 0.05) is 36.1 Å². The fourth-order valence-electron chi connectivity index (χ4n) is 2.24. The normalized spacial score (nSPS) is 12.8. The van der Waals surface area contributed by atoms with Crippen LogP contribution in [0.2, 0.25) is 0 Å². The SMILES string of the molecule is CCNC(CC)c1cnn(Cc2cnn(CC)c2)c1. The molecule has 0 amide bonds. The van der Waals surface area contributed by atoms with E-state index in [1.165, 1.54) is 11.1 Å². The van der Waals surface area contributed by atoms with Gasteiger partial charge in [0.05, 0.1) is 18.9 Å². The van der Waals surface area contributed by atoms with Crippen LogP contribution in [0.25, 0.3) is 0 Å². The van der Waals surface area contributed by atoms with Crippen molar-refractivity contribution in [2.75, 3.05) is 6.54 Å². The monoisotopic (exact) mass is 261 g/mol. The van der Waals surface area contributed by atoms with Gasteiger partial charge in [-0.05, 0) is 19.9 Å². The molecule has 0 aliphatic heterocycles. The maximum Gasteiger partial charge on any atom is 0.0690 e. The third-order valence-electron chi connectivity index (χ3n) is 3.27. The van der Waals surface area contributed by atoms with Crippen LogP contribution in [0.4, 0.5) is 0 Å². The van der Waals surface area contributed by atoms with Gasteiger partial charge in [-0.3, -0.25) is 9.36 Å². The van der Waals surface area contributed by atoms with Crippen LogP contribution >= 0.6 is 0 Å². The number of nitrogens with zero attached hydrogens (tertiary/aromatic N) is 4. The zero-order valence-electron chi connectivity index (χ0n) is 12.0. The Balaban J connectivity index is 2.04. The molecule has 1 atom stereocenters. The van der Waals surface area contributed by atoms with E-state index in [1.807, 2.05) is 21.8 Å². The van der Waals surface area contributed by atoms with Gasteiger partial charge in [0.1, 0.15) is 0 Å². The minimum Gasteiger partial charge on any atom is -0.310 e. The lowest BCUT2D eigenvalue weighted by molar-refractivity contribution is 0.536. The fourth-order valence-corrected chi connectivity index (χ4v) is 2.24. The fraction of sp³-hybridized carbons (Fsp3) is 0.571. The van der Waals surface area contributed by atoms with Gasteiger partial charge in [-0.15, -0.1) is 0 Å². The Morgan fingerprint density at radius 1 is 1.11 bits per heavy atom. The Labute approximate surface area is 114 Å². The van der Waals surface area contributed by atoms with E-state index in [2.05, 4.69) is 48.7 Å². The molecule has 0 fully saturated rings. The highest BCUT2D eigenvalue weighted by atomic mass is 15.3. The summed E-state index contributed by atoms with van der Waals surface area (Å²) in [6, 6.07) is 0.400. The highest BCUT2D eigenvalue weighted by molar-refractivity contribution is 5.12. The van der Waals surface area contributed by atoms with Gasteiger partial charge in [-0.2, -0.15) is 10.2 Å². The van der Waals surface area contributed by atoms with Crippen molar-refractivity contribution in [3.8, 4) is 0 Å². The van der Waals surface area contributed by atoms with E-state index in [4.69, 9.17) is 0 Å². The summed E-state index contributed by atoms with van der Waals surface area (Å²) >= 11 is 0. The second-order valence-corrected chi connectivity index (χ2v) is 4.69. The standard InChI is InChI=1S/C14H23N5/c1-4-14(15-5-2)13-8-17-19(11-13)10-12-7-16-18(6-3)9-12/h7-9,11,14-15H,4-6,10H2,1-3H3. The molecule has 0 spiro atoms. The van der Waals surface area contributed by atoms with Crippen molar-refractivity contribution in [3.63, 3.8) is 0 Å². The lowest BCUT2D eigenvalue weighted by Gasteiger charge is -2.13. The van der Waals surface area contributed by atoms with E-state index < -0.39 is 0 Å². The molecular weight excluding hydrogens is 238 g/mol. The Hall–Kier alpha value is -1.62. The van der Waals surface area contributed by atoms with Gasteiger partial charge in [0.25, 0.3) is 0 Å². The van der Waals surface area contributed by atoms with Gasteiger partial charge in [-0.1, -0.05) is 13.8 Å². The quantitative estimate of drug-likeness (QED) is 0.831. The third-order valence-corrected chi connectivity index (χ3v) is 3.27. The Bertz CT molecular complexity index is 499. The van der Waals surface area contributed by atoms with Gasteiger partial charge >= 0.3 is 0 Å². The summed E-state index contributed by atoms with van der Waals surface area (Å²) in [5, 5.41) is 12.2. The molecule has 2 aromatic rings. The minimum atomic E-state index is 0.400. The van der Waals surface area contributed by atoms with E-state index in [9.17, 15) is 0 Å². The molecule has 0 aromatic carbocycles. The Kier molecular flexibility index (Phi) is 4.74. The van der Waals surface area contributed by atoms with Gasteiger partial charge in [0.2, 0.25) is 0 Å². The number of hydrogen-bond acceptors (Lipinski definition) is 3. The predicted molar refractivity (Wildman–Crippen MR) is 75.9 cm³/mol. The van der Waals surface area contributed by atoms with Crippen LogP contribution in [0, 0.1) is 0 Å². The molecule has 104 valence electrons. The largest absolute Gasteiger partial charge is 0.310 e. The number of aryl methyl sites for hydroxylation is 1. The summed E-state index contributed by atoms with van der Waals surface area (Å²) in [5.74, 6) is 0. The van der Waals surface area contributed by atoms with Crippen molar-refractivity contribution in [2.45, 2.75) is 46.3 Å². The molecule has 1 unspecified atom stereocenters. The molecule has 0 bridgehead atoms. The van der Waals surface area contributed by atoms with E-state index in [0.717, 1.165) is 26.1 Å². The highest BCUT2D eigenvalue weighted by Crippen LogP contribution is 2.15. The summed E-state index contributed by atoms with van der Waals surface area (Å²) in [6.07, 6.45) is 9.14. The first-order valence-electron chi connectivity index (χ1n) is 7.03. The van der Waals surface area contributed by atoms with E-state index in [1.54, 1.807) is 0 Å². The molecule has 2 heterocycles. The van der Waals surface area contributed by atoms with Crippen LogP contribution in [0.3, 0.4) is 0 Å². The van der Waals surface area contributed by atoms with Crippen LogP contribution < -0.4 is 5.32 Å². The number of aromatic nitrogens is 4. The zero-order valence-corrected chi connectivity index (χ0v) is 12.0. The first-order valence-corrected chi connectivity index (χ1v) is 7.03. The smallest absolute Gasteiger partial charge is 0.0690 e. The molecule has 0 saturated heterocycles. The van der Waals surface area contributed by atoms with Crippen LogP contribution in [0.15, 0.2) is 24.8 Å². The maximum atomic E-state index is 4.44. The predicted octanol–water partition coefficient (Wildman–Crippen LogP) is 2.21. The van der Waals surface area contributed by atoms with Crippen LogP contribution in [-0.4, -0.2) is 26.1 Å². The molecule has 19 heavy (non-hydrogen) atoms. The molecule has 0 aliphatic rings. The van der Waals surface area contributed by atoms with Crippen LogP contribution in [-0.2, 0) is 13.1 Å². The lowest BCUT2D eigenvalue weighted by Crippen LogP contribution is -2.19. The second kappa shape index (κ2) is 6.52. The maximum absolute atomic E-state index is 4.44. The minimum absolute atomic E-state index is 0.400. The average Bonchev–Trinajstić information content (AvgIpc) is 3.05. The molecule has 5 heteroatoms. The third kappa shape index (κ3) is 3.44. The van der Waals surface area contributed by atoms with Crippen molar-refractivity contribution in [1.29, 1.82) is 0 Å². The molecule has 0 radical (unpaired) electrons. The first kappa shape index (κ1) is 13.8. The average molecular weight is 261 g/mol. The van der Waals surface area contributed by atoms with Crippen LogP contribution in [0.5, 0.6) is 0 Å². The van der Waals surface area contributed by atoms with Gasteiger partial charge in [-0.25, -0.2) is 0 Å². The van der Waals surface area contributed by atoms with Crippen molar-refractivity contribution < 1.29 is 0 Å². The first-order chi connectivity index (χ1) is 9.26. The lowest BCUT2D eigenvalue weighted by atomic mass is 10.1. The number of nitrogens with one attached hydrogen (secondary N) is 1. The number of hydrogen-bond donors (Lipinski definition) is 1. The molecule has 2 aromatic heterocycles. The van der Waals surface area contributed by atoms with E-state index >= 15 is 0 Å². The summed E-state index contributed by atoms with van der Waals surface area (Å²) in [7, 11) is 0. The van der Waals surface area contributed by atoms with Crippen molar-refractivity contribution >= 4 is 0 Å². The van der Waals surface area contributed by atoms with Crippen LogP contribution in [0.1, 0.15) is 44.4 Å². The van der Waals surface area contributed by atoms with Gasteiger partial charge < -0.3 is 5.32 Å². The molecule has 5 nitrogen and oxygen atoms in total. The summed E-state index contributed by atoms with van der Waals surface area (Å²) in [6.45, 7) is 9.07. The van der Waals surface area contributed by atoms with Crippen molar-refractivity contribution in [2.24, 2.45) is 0 Å². The molecule has 2 rings (SSSR count). The van der Waals surface area contributed by atoms with Crippen molar-refractivity contribution in [3.05, 3.63) is 35.9 Å². The molecule has 1 N–H and O–H groups in total. The summed E-state index contributed by atoms with van der Waals surface area (Å²) < 4.78 is 3.92. The highest BCUT2D eigenvalue weighted by Gasteiger charge is 2.10.